The molecule has 0 aromatic rings. The summed E-state index contributed by atoms with van der Waals surface area (Å²) in [6.07, 6.45) is 19.8. The van der Waals surface area contributed by atoms with E-state index in [2.05, 4.69) is 38.2 Å². The molecule has 0 aliphatic rings. The van der Waals surface area contributed by atoms with Gasteiger partial charge in [-0.2, -0.15) is 0 Å². The summed E-state index contributed by atoms with van der Waals surface area (Å²) in [5.41, 5.74) is 0. The monoisotopic (exact) mass is 264 g/mol. The summed E-state index contributed by atoms with van der Waals surface area (Å²) in [5.74, 6) is -0.213. The van der Waals surface area contributed by atoms with Crippen molar-refractivity contribution in [3.8, 4) is 0 Å². The molecule has 0 aliphatic carbocycles. The van der Waals surface area contributed by atoms with Gasteiger partial charge in [0.15, 0.2) is 0 Å². The quantitative estimate of drug-likeness (QED) is 0.319. The molecule has 0 aliphatic heterocycles. The molecular formula is C17H28O2. The first-order valence-corrected chi connectivity index (χ1v) is 7.34. The Balaban J connectivity index is 3.35. The maximum atomic E-state index is 10.2. The minimum atomic E-state index is -0.850. The Morgan fingerprint density at radius 3 is 2.26 bits per heavy atom. The molecule has 1 atom stereocenters. The zero-order chi connectivity index (χ0) is 14.3. The van der Waals surface area contributed by atoms with Gasteiger partial charge in [0.1, 0.15) is 0 Å². The predicted octanol–water partition coefficient (Wildman–Crippen LogP) is 5.13. The summed E-state index contributed by atoms with van der Waals surface area (Å²) in [6.45, 7) is 4.30. The summed E-state index contributed by atoms with van der Waals surface area (Å²) in [7, 11) is 0. The van der Waals surface area contributed by atoms with Gasteiger partial charge in [0.25, 0.3) is 0 Å². The number of aliphatic carboxylic acids is 1. The van der Waals surface area contributed by atoms with Crippen molar-refractivity contribution in [2.75, 3.05) is 0 Å². The van der Waals surface area contributed by atoms with Gasteiger partial charge < -0.3 is 5.11 Å². The van der Waals surface area contributed by atoms with Gasteiger partial charge >= 0.3 is 5.97 Å². The Labute approximate surface area is 117 Å². The first kappa shape index (κ1) is 17.7. The van der Waals surface area contributed by atoms with Crippen LogP contribution in [0.15, 0.2) is 36.5 Å². The third kappa shape index (κ3) is 14.6. The molecule has 108 valence electrons. The highest BCUT2D eigenvalue weighted by Gasteiger charge is 1.92. The molecule has 0 fully saturated rings. The van der Waals surface area contributed by atoms with Crippen molar-refractivity contribution in [3.63, 3.8) is 0 Å². The summed E-state index contributed by atoms with van der Waals surface area (Å²) >= 11 is 0. The van der Waals surface area contributed by atoms with Gasteiger partial charge in [0, 0.05) is 6.08 Å². The standard InChI is InChI=1S/C17H28O2/c1-3-4-13-16(2)14-11-9-7-5-6-8-10-12-15-17(18)19/h3-4,11-12,14-16H,5-10,13H2,1-2H3,(H,18,19)/b4-3+,14-11+,15-12-. The van der Waals surface area contributed by atoms with Gasteiger partial charge in [0.05, 0.1) is 0 Å². The lowest BCUT2D eigenvalue weighted by Gasteiger charge is -2.01. The lowest BCUT2D eigenvalue weighted by Crippen LogP contribution is -1.86. The van der Waals surface area contributed by atoms with E-state index in [0.29, 0.717) is 5.92 Å². The van der Waals surface area contributed by atoms with E-state index in [-0.39, 0.29) is 0 Å². The topological polar surface area (TPSA) is 37.3 Å². The van der Waals surface area contributed by atoms with Crippen molar-refractivity contribution in [2.24, 2.45) is 5.92 Å². The first-order valence-electron chi connectivity index (χ1n) is 7.34. The Hall–Kier alpha value is -1.31. The zero-order valence-corrected chi connectivity index (χ0v) is 12.3. The second kappa shape index (κ2) is 13.1. The van der Waals surface area contributed by atoms with Gasteiger partial charge in [-0.1, -0.05) is 50.1 Å². The number of unbranched alkanes of at least 4 members (excludes halogenated alkanes) is 5. The molecule has 0 heterocycles. The molecule has 0 rings (SSSR count). The van der Waals surface area contributed by atoms with E-state index < -0.39 is 5.97 Å². The van der Waals surface area contributed by atoms with Crippen LogP contribution in [0.3, 0.4) is 0 Å². The highest BCUT2D eigenvalue weighted by atomic mass is 16.4. The fraction of sp³-hybridized carbons (Fsp3) is 0.588. The van der Waals surface area contributed by atoms with Crippen molar-refractivity contribution in [1.82, 2.24) is 0 Å². The number of carbonyl (C=O) groups is 1. The minimum absolute atomic E-state index is 0.636. The third-order valence-electron chi connectivity index (χ3n) is 2.96. The normalized spacial score (nSPS) is 13.8. The fourth-order valence-electron chi connectivity index (χ4n) is 1.82. The lowest BCUT2D eigenvalue weighted by molar-refractivity contribution is -0.131. The van der Waals surface area contributed by atoms with Gasteiger partial charge in [-0.25, -0.2) is 4.79 Å². The summed E-state index contributed by atoms with van der Waals surface area (Å²) < 4.78 is 0. The zero-order valence-electron chi connectivity index (χ0n) is 12.3. The molecule has 0 amide bonds. The van der Waals surface area contributed by atoms with E-state index in [1.165, 1.54) is 25.3 Å². The summed E-state index contributed by atoms with van der Waals surface area (Å²) in [4.78, 5) is 10.2. The van der Waals surface area contributed by atoms with Gasteiger partial charge in [-0.15, -0.1) is 0 Å². The highest BCUT2D eigenvalue weighted by Crippen LogP contribution is 2.09. The molecule has 19 heavy (non-hydrogen) atoms. The van der Waals surface area contributed by atoms with Crippen LogP contribution in [0.2, 0.25) is 0 Å². The van der Waals surface area contributed by atoms with Crippen LogP contribution in [0.1, 0.15) is 58.8 Å². The van der Waals surface area contributed by atoms with E-state index in [0.717, 1.165) is 25.7 Å². The Morgan fingerprint density at radius 2 is 1.68 bits per heavy atom. The van der Waals surface area contributed by atoms with E-state index in [1.54, 1.807) is 6.08 Å². The first-order chi connectivity index (χ1) is 9.16. The van der Waals surface area contributed by atoms with Gasteiger partial charge in [-0.05, 0) is 44.9 Å². The average molecular weight is 264 g/mol. The van der Waals surface area contributed by atoms with Crippen molar-refractivity contribution in [3.05, 3.63) is 36.5 Å². The van der Waals surface area contributed by atoms with Crippen molar-refractivity contribution in [1.29, 1.82) is 0 Å². The molecule has 1 N–H and O–H groups in total. The SMILES string of the molecule is C/C=C/CC(C)/C=C/CCCCCC/C=C\C(=O)O. The molecule has 0 aromatic carbocycles. The summed E-state index contributed by atoms with van der Waals surface area (Å²) in [6, 6.07) is 0. The molecule has 0 saturated heterocycles. The molecule has 0 bridgehead atoms. The molecule has 0 aromatic heterocycles. The molecule has 2 nitrogen and oxygen atoms in total. The maximum absolute atomic E-state index is 10.2. The predicted molar refractivity (Wildman–Crippen MR) is 82.2 cm³/mol. The Morgan fingerprint density at radius 1 is 1.05 bits per heavy atom. The van der Waals surface area contributed by atoms with Crippen molar-refractivity contribution in [2.45, 2.75) is 58.8 Å². The van der Waals surface area contributed by atoms with E-state index in [1.807, 2.05) is 0 Å². The number of allylic oxidation sites excluding steroid dienone is 5. The van der Waals surface area contributed by atoms with Crippen LogP contribution in [-0.4, -0.2) is 11.1 Å². The third-order valence-corrected chi connectivity index (χ3v) is 2.96. The Kier molecular flexibility index (Phi) is 12.2. The van der Waals surface area contributed by atoms with Crippen molar-refractivity contribution < 1.29 is 9.90 Å². The largest absolute Gasteiger partial charge is 0.478 e. The number of rotatable bonds is 11. The second-order valence-electron chi connectivity index (χ2n) is 4.94. The lowest BCUT2D eigenvalue weighted by atomic mass is 10.1. The molecule has 2 heteroatoms. The number of carboxylic acid groups (broad SMARTS) is 1. The number of carboxylic acids is 1. The highest BCUT2D eigenvalue weighted by molar-refractivity contribution is 5.79. The number of hydrogen-bond acceptors (Lipinski definition) is 1. The minimum Gasteiger partial charge on any atom is -0.478 e. The van der Waals surface area contributed by atoms with Crippen LogP contribution in [0.25, 0.3) is 0 Å². The smallest absolute Gasteiger partial charge is 0.327 e. The molecule has 0 radical (unpaired) electrons. The molecule has 0 spiro atoms. The summed E-state index contributed by atoms with van der Waals surface area (Å²) in [5, 5.41) is 8.41. The van der Waals surface area contributed by atoms with E-state index in [9.17, 15) is 4.79 Å². The fourth-order valence-corrected chi connectivity index (χ4v) is 1.82. The molecule has 1 unspecified atom stereocenters. The van der Waals surface area contributed by atoms with Crippen LogP contribution in [-0.2, 0) is 4.79 Å². The van der Waals surface area contributed by atoms with Crippen LogP contribution >= 0.6 is 0 Å². The van der Waals surface area contributed by atoms with Crippen LogP contribution in [0.5, 0.6) is 0 Å². The van der Waals surface area contributed by atoms with Gasteiger partial charge in [0.2, 0.25) is 0 Å². The maximum Gasteiger partial charge on any atom is 0.327 e. The van der Waals surface area contributed by atoms with Crippen molar-refractivity contribution >= 4 is 5.97 Å². The van der Waals surface area contributed by atoms with Gasteiger partial charge in [-0.3, -0.25) is 0 Å². The Bertz CT molecular complexity index is 300. The van der Waals surface area contributed by atoms with Crippen LogP contribution in [0.4, 0.5) is 0 Å². The van der Waals surface area contributed by atoms with E-state index in [4.69, 9.17) is 5.11 Å². The molecule has 0 saturated carbocycles. The van der Waals surface area contributed by atoms with Crippen LogP contribution < -0.4 is 0 Å². The number of hydrogen-bond donors (Lipinski definition) is 1. The average Bonchev–Trinajstić information content (AvgIpc) is 2.38. The second-order valence-corrected chi connectivity index (χ2v) is 4.94. The van der Waals surface area contributed by atoms with Crippen LogP contribution in [0, 0.1) is 5.92 Å². The van der Waals surface area contributed by atoms with E-state index >= 15 is 0 Å². The molecular weight excluding hydrogens is 236 g/mol.